The van der Waals surface area contributed by atoms with E-state index < -0.39 is 20.0 Å². The standard InChI is InChI=1S/C41H81N2O6P/c1-6-8-10-12-14-16-17-18-19-20-21-22-23-24-25-27-29-31-33-35-41(45)42-39(38-49-50(46,47)48-37-36-43(3,4)5)40(44)34-32-30-28-26-15-13-11-9-7-2/h18-19,32,34,39-40,44H,6-17,20-31,33,35-38H2,1-5H3,(H-,42,45,46,47)/b19-18+,34-32+/t39-,40+/m0/s1. The molecule has 1 unspecified atom stereocenters. The van der Waals surface area contributed by atoms with E-state index in [1.807, 2.05) is 27.2 Å². The van der Waals surface area contributed by atoms with Crippen LogP contribution in [0.5, 0.6) is 0 Å². The Hall–Kier alpha value is -1.02. The molecule has 0 aromatic carbocycles. The van der Waals surface area contributed by atoms with Crippen LogP contribution in [0.1, 0.15) is 181 Å². The molecule has 0 aromatic rings. The molecule has 0 saturated heterocycles. The van der Waals surface area contributed by atoms with E-state index in [1.54, 1.807) is 6.08 Å². The number of aliphatic hydroxyl groups is 1. The molecular weight excluding hydrogens is 647 g/mol. The third-order valence-electron chi connectivity index (χ3n) is 9.16. The summed E-state index contributed by atoms with van der Waals surface area (Å²) in [7, 11) is 1.26. The molecule has 3 atom stereocenters. The first-order valence-electron chi connectivity index (χ1n) is 20.7. The van der Waals surface area contributed by atoms with Crippen molar-refractivity contribution in [2.45, 2.75) is 193 Å². The van der Waals surface area contributed by atoms with Gasteiger partial charge in [0.2, 0.25) is 5.91 Å². The van der Waals surface area contributed by atoms with Gasteiger partial charge >= 0.3 is 0 Å². The number of unbranched alkanes of at least 4 members (excludes halogenated alkanes) is 22. The molecule has 0 saturated carbocycles. The van der Waals surface area contributed by atoms with Crippen LogP contribution in [-0.4, -0.2) is 68.5 Å². The van der Waals surface area contributed by atoms with Gasteiger partial charge in [-0.1, -0.05) is 154 Å². The second kappa shape index (κ2) is 33.8. The van der Waals surface area contributed by atoms with Gasteiger partial charge in [-0.2, -0.15) is 0 Å². The molecule has 9 heteroatoms. The Labute approximate surface area is 309 Å². The average molecular weight is 729 g/mol. The van der Waals surface area contributed by atoms with E-state index in [0.29, 0.717) is 17.4 Å². The van der Waals surface area contributed by atoms with Gasteiger partial charge in [-0.15, -0.1) is 0 Å². The molecule has 0 aromatic heterocycles. The highest BCUT2D eigenvalue weighted by Gasteiger charge is 2.23. The maximum atomic E-state index is 12.8. The lowest BCUT2D eigenvalue weighted by Gasteiger charge is -2.29. The van der Waals surface area contributed by atoms with Crippen molar-refractivity contribution in [2.24, 2.45) is 0 Å². The summed E-state index contributed by atoms with van der Waals surface area (Å²) in [6.45, 7) is 4.60. The number of carbonyl (C=O) groups is 1. The van der Waals surface area contributed by atoms with Crippen LogP contribution in [0.25, 0.3) is 0 Å². The quantitative estimate of drug-likeness (QED) is 0.0285. The summed E-state index contributed by atoms with van der Waals surface area (Å²) in [5, 5.41) is 13.7. The Morgan fingerprint density at radius 3 is 1.56 bits per heavy atom. The Morgan fingerprint density at radius 1 is 0.680 bits per heavy atom. The van der Waals surface area contributed by atoms with Crippen molar-refractivity contribution in [2.75, 3.05) is 40.9 Å². The van der Waals surface area contributed by atoms with Gasteiger partial charge in [0.1, 0.15) is 13.2 Å². The molecule has 8 nitrogen and oxygen atoms in total. The van der Waals surface area contributed by atoms with Crippen molar-refractivity contribution >= 4 is 13.7 Å². The Kier molecular flexibility index (Phi) is 33.1. The third kappa shape index (κ3) is 35.4. The highest BCUT2D eigenvalue weighted by Crippen LogP contribution is 2.38. The lowest BCUT2D eigenvalue weighted by atomic mass is 10.0. The van der Waals surface area contributed by atoms with E-state index in [1.165, 1.54) is 122 Å². The molecule has 0 radical (unpaired) electrons. The second-order valence-electron chi connectivity index (χ2n) is 15.3. The second-order valence-corrected chi connectivity index (χ2v) is 16.8. The number of aliphatic hydroxyl groups excluding tert-OH is 1. The minimum Gasteiger partial charge on any atom is -0.756 e. The maximum absolute atomic E-state index is 12.8. The molecule has 0 heterocycles. The monoisotopic (exact) mass is 729 g/mol. The molecule has 2 N–H and O–H groups in total. The van der Waals surface area contributed by atoms with Gasteiger partial charge in [-0.25, -0.2) is 0 Å². The summed E-state index contributed by atoms with van der Waals surface area (Å²) >= 11 is 0. The molecule has 50 heavy (non-hydrogen) atoms. The fourth-order valence-electron chi connectivity index (χ4n) is 5.79. The average Bonchev–Trinajstić information content (AvgIpc) is 3.06. The van der Waals surface area contributed by atoms with Crippen LogP contribution in [0.15, 0.2) is 24.3 Å². The van der Waals surface area contributed by atoms with Crippen LogP contribution in [0, 0.1) is 0 Å². The molecule has 0 rings (SSSR count). The highest BCUT2D eigenvalue weighted by molar-refractivity contribution is 7.45. The number of nitrogens with one attached hydrogen (secondary N) is 1. The molecule has 0 bridgehead atoms. The fraction of sp³-hybridized carbons (Fsp3) is 0.878. The first kappa shape index (κ1) is 49.0. The summed E-state index contributed by atoms with van der Waals surface area (Å²) in [5.41, 5.74) is 0. The number of phosphoric acid groups is 1. The first-order chi connectivity index (χ1) is 24.0. The lowest BCUT2D eigenvalue weighted by molar-refractivity contribution is -0.870. The first-order valence-corrected chi connectivity index (χ1v) is 22.2. The molecule has 0 aliphatic carbocycles. The van der Waals surface area contributed by atoms with Crippen molar-refractivity contribution in [1.29, 1.82) is 0 Å². The number of carbonyl (C=O) groups excluding carboxylic acids is 1. The summed E-state index contributed by atoms with van der Waals surface area (Å²) in [6.07, 6.45) is 38.0. The number of allylic oxidation sites excluding steroid dienone is 3. The van der Waals surface area contributed by atoms with Crippen LogP contribution in [0.2, 0.25) is 0 Å². The number of nitrogens with zero attached hydrogens (tertiary/aromatic N) is 1. The van der Waals surface area contributed by atoms with Gasteiger partial charge in [0, 0.05) is 6.42 Å². The summed E-state index contributed by atoms with van der Waals surface area (Å²) in [4.78, 5) is 25.2. The van der Waals surface area contributed by atoms with Gasteiger partial charge in [-0.05, 0) is 44.9 Å². The molecule has 0 aliphatic rings. The minimum atomic E-state index is -4.58. The third-order valence-corrected chi connectivity index (χ3v) is 10.1. The lowest BCUT2D eigenvalue weighted by Crippen LogP contribution is -2.45. The number of quaternary nitrogens is 1. The van der Waals surface area contributed by atoms with Crippen LogP contribution < -0.4 is 10.2 Å². The van der Waals surface area contributed by atoms with Gasteiger partial charge < -0.3 is 28.8 Å². The number of hydrogen-bond acceptors (Lipinski definition) is 6. The minimum absolute atomic E-state index is 0.000791. The number of rotatable bonds is 37. The maximum Gasteiger partial charge on any atom is 0.268 e. The van der Waals surface area contributed by atoms with Crippen molar-refractivity contribution in [1.82, 2.24) is 5.32 Å². The zero-order chi connectivity index (χ0) is 37.2. The predicted octanol–water partition coefficient (Wildman–Crippen LogP) is 10.3. The normalized spacial score (nSPS) is 14.8. The van der Waals surface area contributed by atoms with E-state index in [9.17, 15) is 19.4 Å². The zero-order valence-electron chi connectivity index (χ0n) is 33.4. The molecule has 0 aliphatic heterocycles. The van der Waals surface area contributed by atoms with E-state index in [2.05, 4.69) is 31.3 Å². The largest absolute Gasteiger partial charge is 0.756 e. The summed E-state index contributed by atoms with van der Waals surface area (Å²) in [6, 6.07) is -0.882. The van der Waals surface area contributed by atoms with Crippen LogP contribution in [0.4, 0.5) is 0 Å². The molecule has 0 fully saturated rings. The van der Waals surface area contributed by atoms with Gasteiger partial charge in [0.25, 0.3) is 7.82 Å². The van der Waals surface area contributed by atoms with Crippen LogP contribution >= 0.6 is 7.82 Å². The van der Waals surface area contributed by atoms with Crippen molar-refractivity contribution in [3.63, 3.8) is 0 Å². The molecule has 0 spiro atoms. The summed E-state index contributed by atoms with van der Waals surface area (Å²) in [5.74, 6) is -0.203. The van der Waals surface area contributed by atoms with Gasteiger partial charge in [0.15, 0.2) is 0 Å². The van der Waals surface area contributed by atoms with Crippen molar-refractivity contribution in [3.05, 3.63) is 24.3 Å². The number of phosphoric ester groups is 1. The highest BCUT2D eigenvalue weighted by atomic mass is 31.2. The van der Waals surface area contributed by atoms with Crippen LogP contribution in [0.3, 0.4) is 0 Å². The molecule has 296 valence electrons. The van der Waals surface area contributed by atoms with Gasteiger partial charge in [-0.3, -0.25) is 9.36 Å². The number of hydrogen-bond donors (Lipinski definition) is 2. The molecule has 1 amide bonds. The number of amides is 1. The Balaban J connectivity index is 4.33. The Bertz CT molecular complexity index is 876. The smallest absolute Gasteiger partial charge is 0.268 e. The van der Waals surface area contributed by atoms with Crippen LogP contribution in [-0.2, 0) is 18.4 Å². The van der Waals surface area contributed by atoms with Crippen molar-refractivity contribution < 1.29 is 32.9 Å². The predicted molar refractivity (Wildman–Crippen MR) is 210 cm³/mol. The summed E-state index contributed by atoms with van der Waals surface area (Å²) < 4.78 is 23.1. The number of likely N-dealkylation sites (N-methyl/N-ethyl adjacent to an activating group) is 1. The van der Waals surface area contributed by atoms with E-state index in [4.69, 9.17) is 9.05 Å². The molecular formula is C41H81N2O6P. The topological polar surface area (TPSA) is 108 Å². The zero-order valence-corrected chi connectivity index (χ0v) is 34.2. The van der Waals surface area contributed by atoms with Crippen molar-refractivity contribution in [3.8, 4) is 0 Å². The van der Waals surface area contributed by atoms with E-state index in [0.717, 1.165) is 38.5 Å². The van der Waals surface area contributed by atoms with E-state index >= 15 is 0 Å². The van der Waals surface area contributed by atoms with Gasteiger partial charge in [0.05, 0.1) is 39.9 Å². The Morgan fingerprint density at radius 2 is 1.10 bits per heavy atom. The SMILES string of the molecule is CCCCCCCC/C=C/CCCCCCCCCCCC(=O)N[C@@H](COP(=O)([O-])OCC[N+](C)(C)C)[C@H](O)/C=C/CCCCCCCCC. The van der Waals surface area contributed by atoms with E-state index in [-0.39, 0.29) is 19.1 Å². The fourth-order valence-corrected chi connectivity index (χ4v) is 6.52.